The van der Waals surface area contributed by atoms with Gasteiger partial charge in [-0.25, -0.2) is 0 Å². The van der Waals surface area contributed by atoms with Crippen molar-refractivity contribution >= 4 is 28.6 Å². The Labute approximate surface area is 183 Å². The molecule has 1 aromatic heterocycles. The fraction of sp³-hybridized carbons (Fsp3) is 0.542. The summed E-state index contributed by atoms with van der Waals surface area (Å²) in [7, 11) is 0. The third kappa shape index (κ3) is 6.17. The van der Waals surface area contributed by atoms with Crippen molar-refractivity contribution in [3.05, 3.63) is 36.1 Å². The number of hydrogen-bond donors (Lipinski definition) is 2. The SMILES string of the molecule is CCCN1CCCC(NC(=O)[C@H](CC(C)C)NC(=O)c2cc3ccccc3o2)C(=O)C1. The molecule has 2 amide bonds. The van der Waals surface area contributed by atoms with Gasteiger partial charge in [0, 0.05) is 5.39 Å². The maximum absolute atomic E-state index is 13.0. The van der Waals surface area contributed by atoms with E-state index in [2.05, 4.69) is 22.5 Å². The van der Waals surface area contributed by atoms with Crippen LogP contribution in [0.15, 0.2) is 34.7 Å². The van der Waals surface area contributed by atoms with Crippen molar-refractivity contribution in [2.45, 2.75) is 58.5 Å². The number of carbonyl (C=O) groups is 3. The first-order valence-corrected chi connectivity index (χ1v) is 11.2. The highest BCUT2D eigenvalue weighted by molar-refractivity contribution is 5.99. The number of rotatable bonds is 8. The molecule has 3 rings (SSSR count). The smallest absolute Gasteiger partial charge is 0.287 e. The lowest BCUT2D eigenvalue weighted by Crippen LogP contribution is -2.52. The van der Waals surface area contributed by atoms with E-state index in [9.17, 15) is 14.4 Å². The van der Waals surface area contributed by atoms with Crippen LogP contribution < -0.4 is 10.6 Å². The molecule has 168 valence electrons. The van der Waals surface area contributed by atoms with Gasteiger partial charge in [-0.15, -0.1) is 0 Å². The molecule has 2 N–H and O–H groups in total. The first kappa shape index (κ1) is 23.0. The summed E-state index contributed by atoms with van der Waals surface area (Å²) in [6.45, 7) is 8.19. The van der Waals surface area contributed by atoms with Crippen LogP contribution in [0.1, 0.15) is 57.0 Å². The van der Waals surface area contributed by atoms with E-state index in [-0.39, 0.29) is 23.4 Å². The van der Waals surface area contributed by atoms with Gasteiger partial charge in [-0.3, -0.25) is 19.3 Å². The third-order valence-electron chi connectivity index (χ3n) is 5.57. The monoisotopic (exact) mass is 427 g/mol. The highest BCUT2D eigenvalue weighted by Gasteiger charge is 2.30. The molecule has 1 aliphatic rings. The number of para-hydroxylation sites is 1. The maximum atomic E-state index is 13.0. The summed E-state index contributed by atoms with van der Waals surface area (Å²) in [6.07, 6.45) is 2.95. The molecule has 0 radical (unpaired) electrons. The van der Waals surface area contributed by atoms with Crippen LogP contribution in [0.25, 0.3) is 11.0 Å². The van der Waals surface area contributed by atoms with Gasteiger partial charge < -0.3 is 15.1 Å². The van der Waals surface area contributed by atoms with Crippen molar-refractivity contribution in [1.29, 1.82) is 0 Å². The number of likely N-dealkylation sites (tertiary alicyclic amines) is 1. The second-order valence-electron chi connectivity index (χ2n) is 8.75. The van der Waals surface area contributed by atoms with Gasteiger partial charge in [0.25, 0.3) is 5.91 Å². The molecule has 7 heteroatoms. The van der Waals surface area contributed by atoms with E-state index in [1.54, 1.807) is 12.1 Å². The van der Waals surface area contributed by atoms with Gasteiger partial charge in [0.1, 0.15) is 11.6 Å². The Morgan fingerprint density at radius 3 is 2.74 bits per heavy atom. The molecule has 0 saturated carbocycles. The largest absolute Gasteiger partial charge is 0.451 e. The van der Waals surface area contributed by atoms with E-state index >= 15 is 0 Å². The van der Waals surface area contributed by atoms with Crippen molar-refractivity contribution in [1.82, 2.24) is 15.5 Å². The summed E-state index contributed by atoms with van der Waals surface area (Å²) >= 11 is 0. The van der Waals surface area contributed by atoms with Gasteiger partial charge in [0.05, 0.1) is 12.6 Å². The fourth-order valence-electron chi connectivity index (χ4n) is 4.05. The average molecular weight is 428 g/mol. The number of benzene rings is 1. The summed E-state index contributed by atoms with van der Waals surface area (Å²) in [5.74, 6) is -0.356. The zero-order valence-corrected chi connectivity index (χ0v) is 18.6. The molecular formula is C24H33N3O4. The minimum absolute atomic E-state index is 0.0335. The van der Waals surface area contributed by atoms with Gasteiger partial charge in [-0.05, 0) is 56.8 Å². The molecule has 0 aliphatic carbocycles. The Morgan fingerprint density at radius 2 is 2.03 bits per heavy atom. The highest BCUT2D eigenvalue weighted by atomic mass is 16.3. The second-order valence-corrected chi connectivity index (χ2v) is 8.75. The Balaban J connectivity index is 1.67. The normalized spacial score (nSPS) is 18.7. The number of hydrogen-bond acceptors (Lipinski definition) is 5. The fourth-order valence-corrected chi connectivity index (χ4v) is 4.05. The quantitative estimate of drug-likeness (QED) is 0.675. The van der Waals surface area contributed by atoms with Crippen molar-refractivity contribution in [3.8, 4) is 0 Å². The number of Topliss-reactive ketones (excluding diaryl/α,β-unsaturated/α-hetero) is 1. The molecular weight excluding hydrogens is 394 g/mol. The molecule has 7 nitrogen and oxygen atoms in total. The third-order valence-corrected chi connectivity index (χ3v) is 5.57. The number of nitrogens with one attached hydrogen (secondary N) is 2. The standard InChI is InChI=1S/C24H33N3O4/c1-4-11-27-12-7-9-18(20(28)15-27)25-23(29)19(13-16(2)3)26-24(30)22-14-17-8-5-6-10-21(17)31-22/h5-6,8,10,14,16,18-19H,4,7,9,11-13,15H2,1-3H3,(H,25,29)(H,26,30)/t18?,19-/m0/s1. The van der Waals surface area contributed by atoms with Crippen LogP contribution in [0.3, 0.4) is 0 Å². The maximum Gasteiger partial charge on any atom is 0.287 e. The van der Waals surface area contributed by atoms with Crippen molar-refractivity contribution in [3.63, 3.8) is 0 Å². The van der Waals surface area contributed by atoms with Gasteiger partial charge in [0.15, 0.2) is 11.5 Å². The number of nitrogens with zero attached hydrogens (tertiary/aromatic N) is 1. The summed E-state index contributed by atoms with van der Waals surface area (Å²) in [5, 5.41) is 6.54. The molecule has 1 unspecified atom stereocenters. The molecule has 1 aliphatic heterocycles. The number of furan rings is 1. The van der Waals surface area contributed by atoms with E-state index in [1.165, 1.54) is 0 Å². The van der Waals surface area contributed by atoms with E-state index in [0.717, 1.165) is 31.3 Å². The van der Waals surface area contributed by atoms with Crippen LogP contribution in [0, 0.1) is 5.92 Å². The first-order chi connectivity index (χ1) is 14.9. The van der Waals surface area contributed by atoms with E-state index < -0.39 is 18.0 Å². The molecule has 0 bridgehead atoms. The lowest BCUT2D eigenvalue weighted by molar-refractivity contribution is -0.129. The van der Waals surface area contributed by atoms with Crippen LogP contribution in [0.5, 0.6) is 0 Å². The molecule has 1 saturated heterocycles. The number of carbonyl (C=O) groups excluding carboxylic acids is 3. The summed E-state index contributed by atoms with van der Waals surface area (Å²) < 4.78 is 5.63. The molecule has 31 heavy (non-hydrogen) atoms. The second kappa shape index (κ2) is 10.6. The van der Waals surface area contributed by atoms with Crippen molar-refractivity contribution in [2.75, 3.05) is 19.6 Å². The highest BCUT2D eigenvalue weighted by Crippen LogP contribution is 2.19. The topological polar surface area (TPSA) is 91.7 Å². The van der Waals surface area contributed by atoms with Crippen LogP contribution in [0.4, 0.5) is 0 Å². The number of amides is 2. The zero-order valence-electron chi connectivity index (χ0n) is 18.6. The van der Waals surface area contributed by atoms with Crippen molar-refractivity contribution < 1.29 is 18.8 Å². The Hall–Kier alpha value is -2.67. The summed E-state index contributed by atoms with van der Waals surface area (Å²) in [5.41, 5.74) is 0.623. The molecule has 1 fully saturated rings. The van der Waals surface area contributed by atoms with E-state index in [1.807, 2.05) is 32.0 Å². The molecule has 1 aromatic carbocycles. The Kier molecular flexibility index (Phi) is 7.85. The molecule has 2 heterocycles. The zero-order chi connectivity index (χ0) is 22.4. The van der Waals surface area contributed by atoms with Gasteiger partial charge in [-0.2, -0.15) is 0 Å². The molecule has 2 aromatic rings. The van der Waals surface area contributed by atoms with E-state index in [0.29, 0.717) is 25.0 Å². The van der Waals surface area contributed by atoms with E-state index in [4.69, 9.17) is 4.42 Å². The first-order valence-electron chi connectivity index (χ1n) is 11.2. The minimum Gasteiger partial charge on any atom is -0.451 e. The summed E-state index contributed by atoms with van der Waals surface area (Å²) in [6, 6.07) is 7.81. The lowest BCUT2D eigenvalue weighted by atomic mass is 10.0. The minimum atomic E-state index is -0.733. The van der Waals surface area contributed by atoms with Crippen LogP contribution >= 0.6 is 0 Å². The van der Waals surface area contributed by atoms with Crippen LogP contribution in [-0.4, -0.2) is 54.2 Å². The summed E-state index contributed by atoms with van der Waals surface area (Å²) in [4.78, 5) is 40.6. The Bertz CT molecular complexity index is 887. The molecule has 2 atom stereocenters. The lowest BCUT2D eigenvalue weighted by Gasteiger charge is -2.23. The van der Waals surface area contributed by atoms with Gasteiger partial charge >= 0.3 is 0 Å². The van der Waals surface area contributed by atoms with Gasteiger partial charge in [0.2, 0.25) is 5.91 Å². The number of ketones is 1. The van der Waals surface area contributed by atoms with Crippen LogP contribution in [-0.2, 0) is 9.59 Å². The number of fused-ring (bicyclic) bond motifs is 1. The predicted octanol–water partition coefficient (Wildman–Crippen LogP) is 3.14. The van der Waals surface area contributed by atoms with Crippen molar-refractivity contribution in [2.24, 2.45) is 5.92 Å². The predicted molar refractivity (Wildman–Crippen MR) is 120 cm³/mol. The van der Waals surface area contributed by atoms with Crippen LogP contribution in [0.2, 0.25) is 0 Å². The average Bonchev–Trinajstić information content (AvgIpc) is 3.09. The Morgan fingerprint density at radius 1 is 1.26 bits per heavy atom. The molecule has 0 spiro atoms. The van der Waals surface area contributed by atoms with Gasteiger partial charge in [-0.1, -0.05) is 39.0 Å².